The molecule has 8 nitrogen and oxygen atoms in total. The van der Waals surface area contributed by atoms with Gasteiger partial charge in [-0.15, -0.1) is 0 Å². The van der Waals surface area contributed by atoms with Gasteiger partial charge >= 0.3 is 6.03 Å². The maximum Gasteiger partial charge on any atom is 0.317 e. The van der Waals surface area contributed by atoms with Crippen molar-refractivity contribution in [2.24, 2.45) is 17.0 Å². The zero-order valence-electron chi connectivity index (χ0n) is 17.8. The molecule has 1 heterocycles. The fourth-order valence-corrected chi connectivity index (χ4v) is 6.93. The highest BCUT2D eigenvalue weighted by atomic mass is 32.2. The molecule has 2 aliphatic carbocycles. The minimum atomic E-state index is -3.45. The standard InChI is InChI=1S/C20H36N4O4S/c1-4-22-20(26)23-12-13(2)24(14(3)25)18-10-7-16(11-19(18)23)15-5-8-17(9-6-15)29(21,27)28/h13,15-19H,4-12H2,1-3H3,(H,22,26)(H2,21,27,28)/t13-,15?,16?,17?,18?,19?/m0/s1. The number of carbonyl (C=O) groups excluding carboxylic acids is 2. The van der Waals surface area contributed by atoms with Gasteiger partial charge in [-0.1, -0.05) is 0 Å². The van der Waals surface area contributed by atoms with E-state index in [1.165, 1.54) is 0 Å². The van der Waals surface area contributed by atoms with Crippen LogP contribution < -0.4 is 10.5 Å². The molecule has 166 valence electrons. The van der Waals surface area contributed by atoms with Crippen molar-refractivity contribution in [2.45, 2.75) is 89.1 Å². The van der Waals surface area contributed by atoms with E-state index in [4.69, 9.17) is 5.14 Å². The molecule has 4 atom stereocenters. The van der Waals surface area contributed by atoms with Crippen molar-refractivity contribution in [1.29, 1.82) is 0 Å². The molecule has 0 bridgehead atoms. The van der Waals surface area contributed by atoms with Crippen LogP contribution in [0.2, 0.25) is 0 Å². The molecule has 1 saturated heterocycles. The number of fused-ring (bicyclic) bond motifs is 1. The Balaban J connectivity index is 1.73. The van der Waals surface area contributed by atoms with E-state index >= 15 is 0 Å². The van der Waals surface area contributed by atoms with Gasteiger partial charge in [0.25, 0.3) is 0 Å². The van der Waals surface area contributed by atoms with Crippen molar-refractivity contribution in [1.82, 2.24) is 15.1 Å². The second-order valence-electron chi connectivity index (χ2n) is 9.10. The van der Waals surface area contributed by atoms with Crippen molar-refractivity contribution in [3.05, 3.63) is 0 Å². The summed E-state index contributed by atoms with van der Waals surface area (Å²) in [5.74, 6) is 1.00. The normalized spacial score (nSPS) is 35.7. The number of carbonyl (C=O) groups is 2. The van der Waals surface area contributed by atoms with E-state index in [0.29, 0.717) is 37.8 Å². The van der Waals surface area contributed by atoms with Gasteiger partial charge in [-0.3, -0.25) is 4.79 Å². The first kappa shape index (κ1) is 22.3. The third-order valence-electron chi connectivity index (χ3n) is 7.32. The molecule has 3 unspecified atom stereocenters. The second-order valence-corrected chi connectivity index (χ2v) is 10.9. The summed E-state index contributed by atoms with van der Waals surface area (Å²) < 4.78 is 23.3. The van der Waals surface area contributed by atoms with Gasteiger partial charge in [0.15, 0.2) is 0 Å². The number of rotatable bonds is 3. The summed E-state index contributed by atoms with van der Waals surface area (Å²) in [7, 11) is -3.45. The van der Waals surface area contributed by atoms with Crippen LogP contribution in [0, 0.1) is 11.8 Å². The summed E-state index contributed by atoms with van der Waals surface area (Å²) in [5.41, 5.74) is 0. The van der Waals surface area contributed by atoms with Gasteiger partial charge in [0, 0.05) is 26.1 Å². The molecule has 9 heteroatoms. The van der Waals surface area contributed by atoms with Gasteiger partial charge in [-0.2, -0.15) is 0 Å². The summed E-state index contributed by atoms with van der Waals surface area (Å²) in [4.78, 5) is 29.0. The summed E-state index contributed by atoms with van der Waals surface area (Å²) in [6, 6.07) is 0.0569. The number of hydrogen-bond donors (Lipinski definition) is 2. The van der Waals surface area contributed by atoms with Crippen molar-refractivity contribution < 1.29 is 18.0 Å². The Morgan fingerprint density at radius 1 is 1.03 bits per heavy atom. The molecule has 0 aromatic carbocycles. The maximum atomic E-state index is 12.7. The largest absolute Gasteiger partial charge is 0.338 e. The zero-order valence-corrected chi connectivity index (χ0v) is 18.7. The minimum Gasteiger partial charge on any atom is -0.338 e. The minimum absolute atomic E-state index is 0.0121. The van der Waals surface area contributed by atoms with Crippen LogP contribution in [0.5, 0.6) is 0 Å². The highest BCUT2D eigenvalue weighted by Crippen LogP contribution is 2.43. The number of urea groups is 1. The Bertz CT molecular complexity index is 720. The van der Waals surface area contributed by atoms with E-state index in [1.807, 2.05) is 23.6 Å². The van der Waals surface area contributed by atoms with Gasteiger partial charge in [-0.05, 0) is 70.6 Å². The molecule has 2 saturated carbocycles. The van der Waals surface area contributed by atoms with E-state index in [1.54, 1.807) is 6.92 Å². The van der Waals surface area contributed by atoms with Crippen LogP contribution in [0.3, 0.4) is 0 Å². The Morgan fingerprint density at radius 2 is 1.66 bits per heavy atom. The highest BCUT2D eigenvalue weighted by molar-refractivity contribution is 7.89. The predicted octanol–water partition coefficient (Wildman–Crippen LogP) is 1.65. The second kappa shape index (κ2) is 8.79. The van der Waals surface area contributed by atoms with Crippen LogP contribution in [0.4, 0.5) is 4.79 Å². The molecule has 0 spiro atoms. The smallest absolute Gasteiger partial charge is 0.317 e. The lowest BCUT2D eigenvalue weighted by molar-refractivity contribution is -0.141. The number of piperazine rings is 1. The number of amides is 3. The first-order chi connectivity index (χ1) is 13.6. The van der Waals surface area contributed by atoms with Gasteiger partial charge < -0.3 is 15.1 Å². The number of sulfonamides is 1. The van der Waals surface area contributed by atoms with E-state index in [2.05, 4.69) is 5.32 Å². The van der Waals surface area contributed by atoms with Crippen LogP contribution in [-0.2, 0) is 14.8 Å². The summed E-state index contributed by atoms with van der Waals surface area (Å²) in [6.45, 7) is 6.69. The summed E-state index contributed by atoms with van der Waals surface area (Å²) in [6.07, 6.45) is 5.79. The number of primary sulfonamides is 1. The molecule has 1 aliphatic heterocycles. The highest BCUT2D eigenvalue weighted by Gasteiger charge is 2.47. The van der Waals surface area contributed by atoms with Gasteiger partial charge in [0.2, 0.25) is 15.9 Å². The van der Waals surface area contributed by atoms with Crippen LogP contribution in [-0.4, -0.2) is 66.6 Å². The van der Waals surface area contributed by atoms with Gasteiger partial charge in [-0.25, -0.2) is 18.4 Å². The number of nitrogens with one attached hydrogen (secondary N) is 1. The Labute approximate surface area is 174 Å². The third kappa shape index (κ3) is 4.71. The topological polar surface area (TPSA) is 113 Å². The molecule has 3 fully saturated rings. The van der Waals surface area contributed by atoms with Crippen LogP contribution in [0.15, 0.2) is 0 Å². The van der Waals surface area contributed by atoms with E-state index in [9.17, 15) is 18.0 Å². The Morgan fingerprint density at radius 3 is 2.21 bits per heavy atom. The van der Waals surface area contributed by atoms with Crippen LogP contribution >= 0.6 is 0 Å². The van der Waals surface area contributed by atoms with E-state index < -0.39 is 15.3 Å². The number of nitrogens with two attached hydrogens (primary N) is 1. The molecule has 0 aromatic rings. The van der Waals surface area contributed by atoms with E-state index in [0.717, 1.165) is 32.1 Å². The molecule has 0 aromatic heterocycles. The van der Waals surface area contributed by atoms with Crippen LogP contribution in [0.25, 0.3) is 0 Å². The lowest BCUT2D eigenvalue weighted by atomic mass is 9.69. The predicted molar refractivity (Wildman–Crippen MR) is 112 cm³/mol. The quantitative estimate of drug-likeness (QED) is 0.711. The molecular formula is C20H36N4O4S. The lowest BCUT2D eigenvalue weighted by Gasteiger charge is -2.54. The summed E-state index contributed by atoms with van der Waals surface area (Å²) in [5, 5.41) is 7.86. The van der Waals surface area contributed by atoms with Gasteiger partial charge in [0.05, 0.1) is 17.3 Å². The molecule has 3 aliphatic rings. The van der Waals surface area contributed by atoms with Crippen molar-refractivity contribution in [2.75, 3.05) is 13.1 Å². The van der Waals surface area contributed by atoms with Crippen molar-refractivity contribution in [3.8, 4) is 0 Å². The maximum absolute atomic E-state index is 12.7. The molecule has 3 rings (SSSR count). The molecular weight excluding hydrogens is 392 g/mol. The SMILES string of the molecule is CCNC(=O)N1C[C@H](C)N(C(C)=O)C2CCC(C3CCC(S(N)(=O)=O)CC3)CC21. The monoisotopic (exact) mass is 428 g/mol. The zero-order chi connectivity index (χ0) is 21.3. The molecule has 3 N–H and O–H groups in total. The summed E-state index contributed by atoms with van der Waals surface area (Å²) >= 11 is 0. The number of hydrogen-bond acceptors (Lipinski definition) is 4. The average Bonchev–Trinajstić information content (AvgIpc) is 2.66. The van der Waals surface area contributed by atoms with Crippen molar-refractivity contribution >= 4 is 22.0 Å². The molecule has 3 amide bonds. The van der Waals surface area contributed by atoms with Crippen molar-refractivity contribution in [3.63, 3.8) is 0 Å². The van der Waals surface area contributed by atoms with Gasteiger partial charge in [0.1, 0.15) is 0 Å². The first-order valence-electron chi connectivity index (χ1n) is 11.0. The fourth-order valence-electron chi connectivity index (χ4n) is 6.00. The van der Waals surface area contributed by atoms with Crippen LogP contribution in [0.1, 0.15) is 65.7 Å². The first-order valence-corrected chi connectivity index (χ1v) is 12.6. The van der Waals surface area contributed by atoms with E-state index in [-0.39, 0.29) is 30.1 Å². The fraction of sp³-hybridized carbons (Fsp3) is 0.900. The lowest BCUT2D eigenvalue weighted by Crippen LogP contribution is -2.68. The molecule has 29 heavy (non-hydrogen) atoms. The Hall–Kier alpha value is -1.35. The average molecular weight is 429 g/mol. The number of nitrogens with zero attached hydrogens (tertiary/aromatic N) is 2. The Kier molecular flexibility index (Phi) is 6.77. The third-order valence-corrected chi connectivity index (χ3v) is 8.72. The molecule has 0 radical (unpaired) electrons.